The van der Waals surface area contributed by atoms with Gasteiger partial charge in [0.15, 0.2) is 0 Å². The second-order valence-corrected chi connectivity index (χ2v) is 3.93. The van der Waals surface area contributed by atoms with Crippen molar-refractivity contribution in [1.29, 1.82) is 0 Å². The molecule has 0 aliphatic heterocycles. The van der Waals surface area contributed by atoms with Crippen LogP contribution in [0.2, 0.25) is 0 Å². The van der Waals surface area contributed by atoms with Gasteiger partial charge < -0.3 is 5.11 Å². The molecule has 0 unspecified atom stereocenters. The van der Waals surface area contributed by atoms with Gasteiger partial charge >= 0.3 is 0 Å². The maximum Gasteiger partial charge on any atom is 0.0647 e. The van der Waals surface area contributed by atoms with Gasteiger partial charge in [-0.25, -0.2) is 0 Å². The Balaban J connectivity index is 2.03. The Morgan fingerprint density at radius 1 is 1.08 bits per heavy atom. The second-order valence-electron chi connectivity index (χ2n) is 3.93. The molecule has 0 saturated carbocycles. The molecule has 4 rings (SSSR count). The van der Waals surface area contributed by atoms with Crippen molar-refractivity contribution in [2.24, 2.45) is 23.7 Å². The molecular formula is C11H12O. The third-order valence-electron chi connectivity index (χ3n) is 3.42. The Morgan fingerprint density at radius 3 is 2.50 bits per heavy atom. The highest BCUT2D eigenvalue weighted by Crippen LogP contribution is 2.49. The summed E-state index contributed by atoms with van der Waals surface area (Å²) >= 11 is 0. The van der Waals surface area contributed by atoms with Crippen molar-refractivity contribution in [3.05, 3.63) is 36.0 Å². The van der Waals surface area contributed by atoms with E-state index >= 15 is 0 Å². The van der Waals surface area contributed by atoms with Crippen LogP contribution in [-0.4, -0.2) is 11.7 Å². The number of rotatable bonds is 1. The normalized spacial score (nSPS) is 46.9. The fraction of sp³-hybridized carbons (Fsp3) is 0.455. The van der Waals surface area contributed by atoms with Crippen LogP contribution in [0.4, 0.5) is 0 Å². The van der Waals surface area contributed by atoms with Crippen molar-refractivity contribution < 1.29 is 5.11 Å². The molecule has 1 nitrogen and oxygen atoms in total. The molecule has 1 N–H and O–H groups in total. The molecule has 0 heterocycles. The molecule has 0 radical (unpaired) electrons. The van der Waals surface area contributed by atoms with Gasteiger partial charge in [0.25, 0.3) is 0 Å². The van der Waals surface area contributed by atoms with Crippen LogP contribution in [0.5, 0.6) is 0 Å². The molecule has 0 saturated heterocycles. The maximum atomic E-state index is 9.11. The average Bonchev–Trinajstić information content (AvgIpc) is 2.04. The van der Waals surface area contributed by atoms with Gasteiger partial charge in [-0.15, -0.1) is 0 Å². The van der Waals surface area contributed by atoms with E-state index in [9.17, 15) is 0 Å². The standard InChI is InChI=1S/C11H12O/c12-6-8-5-7-1-2-10(8)11-4-3-9(7)11/h1-5,7,9-12H,6H2/t7-,9+,10+,11+/m0/s1. The Kier molecular flexibility index (Phi) is 1.17. The monoisotopic (exact) mass is 160 g/mol. The quantitative estimate of drug-likeness (QED) is 0.577. The molecule has 0 aromatic heterocycles. The SMILES string of the molecule is OCC1=C[C@@H]2C=C[C@H]1[C@@H]1C=C[C@H]21. The lowest BCUT2D eigenvalue weighted by molar-refractivity contribution is 0.242. The summed E-state index contributed by atoms with van der Waals surface area (Å²) in [6.07, 6.45) is 11.4. The molecule has 4 aliphatic rings. The third kappa shape index (κ3) is 0.632. The van der Waals surface area contributed by atoms with E-state index in [1.54, 1.807) is 0 Å². The fourth-order valence-electron chi connectivity index (χ4n) is 2.67. The predicted octanol–water partition coefficient (Wildman–Crippen LogP) is 1.52. The summed E-state index contributed by atoms with van der Waals surface area (Å²) in [4.78, 5) is 0. The molecule has 4 atom stereocenters. The highest BCUT2D eigenvalue weighted by Gasteiger charge is 2.42. The smallest absolute Gasteiger partial charge is 0.0647 e. The molecule has 4 aliphatic carbocycles. The van der Waals surface area contributed by atoms with Crippen LogP contribution in [0, 0.1) is 23.7 Å². The van der Waals surface area contributed by atoms with E-state index in [1.165, 1.54) is 5.57 Å². The van der Waals surface area contributed by atoms with Crippen molar-refractivity contribution in [1.82, 2.24) is 0 Å². The van der Waals surface area contributed by atoms with E-state index < -0.39 is 0 Å². The van der Waals surface area contributed by atoms with Crippen molar-refractivity contribution in [3.63, 3.8) is 0 Å². The minimum atomic E-state index is 0.239. The Labute approximate surface area is 72.1 Å². The summed E-state index contributed by atoms with van der Waals surface area (Å²) in [6, 6.07) is 0. The van der Waals surface area contributed by atoms with Gasteiger partial charge in [0, 0.05) is 11.8 Å². The number of aliphatic hydroxyl groups excluding tert-OH is 1. The number of hydrogen-bond acceptors (Lipinski definition) is 1. The van der Waals surface area contributed by atoms with Crippen LogP contribution in [0.1, 0.15) is 0 Å². The molecule has 62 valence electrons. The Bertz CT molecular complexity index is 298. The van der Waals surface area contributed by atoms with Gasteiger partial charge in [-0.2, -0.15) is 0 Å². The topological polar surface area (TPSA) is 20.2 Å². The molecule has 2 bridgehead atoms. The third-order valence-corrected chi connectivity index (χ3v) is 3.42. The second kappa shape index (κ2) is 2.11. The zero-order valence-corrected chi connectivity index (χ0v) is 6.85. The highest BCUT2D eigenvalue weighted by molar-refractivity contribution is 5.37. The van der Waals surface area contributed by atoms with E-state index in [0.29, 0.717) is 17.8 Å². The van der Waals surface area contributed by atoms with Gasteiger partial charge in [-0.1, -0.05) is 30.4 Å². The summed E-state index contributed by atoms with van der Waals surface area (Å²) in [5, 5.41) is 9.11. The van der Waals surface area contributed by atoms with Crippen molar-refractivity contribution in [3.8, 4) is 0 Å². The Morgan fingerprint density at radius 2 is 1.92 bits per heavy atom. The van der Waals surface area contributed by atoms with Crippen molar-refractivity contribution in [2.75, 3.05) is 6.61 Å². The number of allylic oxidation sites excluding steroid dienone is 5. The van der Waals surface area contributed by atoms with Gasteiger partial charge in [-0.05, 0) is 17.4 Å². The average molecular weight is 160 g/mol. The van der Waals surface area contributed by atoms with E-state index in [2.05, 4.69) is 30.4 Å². The summed E-state index contributed by atoms with van der Waals surface area (Å²) in [5.74, 6) is 2.53. The summed E-state index contributed by atoms with van der Waals surface area (Å²) in [6.45, 7) is 0.239. The van der Waals surface area contributed by atoms with Crippen LogP contribution in [0.15, 0.2) is 36.0 Å². The van der Waals surface area contributed by atoms with Crippen LogP contribution in [0.3, 0.4) is 0 Å². The minimum absolute atomic E-state index is 0.239. The van der Waals surface area contributed by atoms with E-state index in [4.69, 9.17) is 5.11 Å². The lowest BCUT2D eigenvalue weighted by Gasteiger charge is -2.46. The molecule has 0 aromatic rings. The first kappa shape index (κ1) is 6.67. The number of hydrogen-bond donors (Lipinski definition) is 1. The van der Waals surface area contributed by atoms with Crippen LogP contribution < -0.4 is 0 Å². The molecular weight excluding hydrogens is 148 g/mol. The van der Waals surface area contributed by atoms with Gasteiger partial charge in [-0.3, -0.25) is 0 Å². The predicted molar refractivity (Wildman–Crippen MR) is 47.4 cm³/mol. The molecule has 12 heavy (non-hydrogen) atoms. The summed E-state index contributed by atoms with van der Waals surface area (Å²) < 4.78 is 0. The van der Waals surface area contributed by atoms with Gasteiger partial charge in [0.05, 0.1) is 6.61 Å². The summed E-state index contributed by atoms with van der Waals surface area (Å²) in [7, 11) is 0. The lowest BCUT2D eigenvalue weighted by atomic mass is 9.58. The minimum Gasteiger partial charge on any atom is -0.392 e. The first-order valence-corrected chi connectivity index (χ1v) is 4.58. The van der Waals surface area contributed by atoms with Crippen molar-refractivity contribution >= 4 is 0 Å². The van der Waals surface area contributed by atoms with E-state index in [1.807, 2.05) is 0 Å². The van der Waals surface area contributed by atoms with Crippen LogP contribution in [-0.2, 0) is 0 Å². The van der Waals surface area contributed by atoms with Crippen LogP contribution >= 0.6 is 0 Å². The zero-order chi connectivity index (χ0) is 8.13. The fourth-order valence-corrected chi connectivity index (χ4v) is 2.67. The Hall–Kier alpha value is -0.820. The largest absolute Gasteiger partial charge is 0.392 e. The molecule has 0 amide bonds. The molecule has 0 aromatic carbocycles. The molecule has 0 fully saturated rings. The first-order chi connectivity index (χ1) is 5.90. The van der Waals surface area contributed by atoms with Gasteiger partial charge in [0.1, 0.15) is 0 Å². The van der Waals surface area contributed by atoms with Crippen LogP contribution in [0.25, 0.3) is 0 Å². The summed E-state index contributed by atoms with van der Waals surface area (Å²) in [5.41, 5.74) is 1.23. The molecule has 0 spiro atoms. The zero-order valence-electron chi connectivity index (χ0n) is 6.85. The van der Waals surface area contributed by atoms with E-state index in [0.717, 1.165) is 5.92 Å². The lowest BCUT2D eigenvalue weighted by Crippen LogP contribution is -2.39. The van der Waals surface area contributed by atoms with Gasteiger partial charge in [0.2, 0.25) is 0 Å². The van der Waals surface area contributed by atoms with Crippen molar-refractivity contribution in [2.45, 2.75) is 0 Å². The first-order valence-electron chi connectivity index (χ1n) is 4.58. The number of aliphatic hydroxyl groups is 1. The van der Waals surface area contributed by atoms with E-state index in [-0.39, 0.29) is 6.61 Å². The maximum absolute atomic E-state index is 9.11. The highest BCUT2D eigenvalue weighted by atomic mass is 16.3. The molecule has 1 heteroatoms.